The number of nitrogens with zero attached hydrogens (tertiary/aromatic N) is 3. The molecule has 3 heterocycles. The summed E-state index contributed by atoms with van der Waals surface area (Å²) in [4.78, 5) is 22.6. The van der Waals surface area contributed by atoms with E-state index in [9.17, 15) is 9.90 Å². The molecule has 6 nitrogen and oxygen atoms in total. The van der Waals surface area contributed by atoms with Crippen LogP contribution in [0, 0.1) is 11.8 Å². The van der Waals surface area contributed by atoms with Crippen LogP contribution in [0.4, 0.5) is 5.82 Å². The van der Waals surface area contributed by atoms with Crippen LogP contribution in [0.1, 0.15) is 19.8 Å². The molecule has 0 bridgehead atoms. The zero-order chi connectivity index (χ0) is 16.7. The number of anilines is 1. The highest BCUT2D eigenvalue weighted by Gasteiger charge is 2.42. The molecule has 126 valence electrons. The molecule has 1 aliphatic carbocycles. The molecule has 6 heteroatoms. The Balaban J connectivity index is 1.57. The Labute approximate surface area is 140 Å². The number of aromatic nitrogens is 2. The Morgan fingerprint density at radius 1 is 1.21 bits per heavy atom. The third-order valence-electron chi connectivity index (χ3n) is 5.34. The first-order valence-electron chi connectivity index (χ1n) is 8.51. The maximum absolute atomic E-state index is 11.3. The van der Waals surface area contributed by atoms with Crippen LogP contribution < -0.4 is 10.2 Å². The Hall–Kier alpha value is -2.21. The lowest BCUT2D eigenvalue weighted by Gasteiger charge is -2.35. The van der Waals surface area contributed by atoms with Crippen molar-refractivity contribution in [2.75, 3.05) is 18.0 Å². The second-order valence-electron chi connectivity index (χ2n) is 6.98. The van der Waals surface area contributed by atoms with E-state index in [-0.39, 0.29) is 11.9 Å². The van der Waals surface area contributed by atoms with Gasteiger partial charge >= 0.3 is 0 Å². The lowest BCUT2D eigenvalue weighted by molar-refractivity contribution is -0.121. The molecule has 1 saturated carbocycles. The number of carbonyl (C=O) groups is 1. The summed E-state index contributed by atoms with van der Waals surface area (Å²) in [7, 11) is 0. The van der Waals surface area contributed by atoms with Gasteiger partial charge in [-0.1, -0.05) is 0 Å². The molecular formula is C18H22N4O2. The molecule has 1 amide bonds. The minimum Gasteiger partial charge on any atom is -0.391 e. The maximum Gasteiger partial charge on any atom is 0.217 e. The highest BCUT2D eigenvalue weighted by molar-refractivity contribution is 5.89. The van der Waals surface area contributed by atoms with Gasteiger partial charge in [0, 0.05) is 37.8 Å². The number of nitrogens with one attached hydrogen (secondary N) is 1. The van der Waals surface area contributed by atoms with Crippen molar-refractivity contribution in [3.8, 4) is 0 Å². The molecule has 0 spiro atoms. The molecule has 4 atom stereocenters. The number of rotatable bonds is 2. The van der Waals surface area contributed by atoms with Crippen LogP contribution in [0.2, 0.25) is 0 Å². The minimum absolute atomic E-state index is 0.0749. The van der Waals surface area contributed by atoms with Gasteiger partial charge in [-0.3, -0.25) is 9.78 Å². The lowest BCUT2D eigenvalue weighted by Crippen LogP contribution is -2.48. The van der Waals surface area contributed by atoms with Crippen molar-refractivity contribution in [3.63, 3.8) is 0 Å². The molecule has 2 aromatic rings. The second-order valence-corrected chi connectivity index (χ2v) is 6.98. The van der Waals surface area contributed by atoms with E-state index in [1.165, 1.54) is 6.92 Å². The number of hydrogen-bond donors (Lipinski definition) is 2. The van der Waals surface area contributed by atoms with Crippen LogP contribution in [0.25, 0.3) is 10.9 Å². The predicted octanol–water partition coefficient (Wildman–Crippen LogP) is 1.34. The first-order chi connectivity index (χ1) is 11.6. The number of amides is 1. The van der Waals surface area contributed by atoms with Gasteiger partial charge in [-0.2, -0.15) is 0 Å². The van der Waals surface area contributed by atoms with Crippen molar-refractivity contribution in [2.24, 2.45) is 11.8 Å². The van der Waals surface area contributed by atoms with Crippen molar-refractivity contribution in [1.29, 1.82) is 0 Å². The van der Waals surface area contributed by atoms with Gasteiger partial charge in [0.25, 0.3) is 0 Å². The number of pyridine rings is 2. The van der Waals surface area contributed by atoms with E-state index in [0.29, 0.717) is 11.8 Å². The van der Waals surface area contributed by atoms with Crippen LogP contribution in [-0.2, 0) is 4.79 Å². The lowest BCUT2D eigenvalue weighted by atomic mass is 9.77. The van der Waals surface area contributed by atoms with Crippen LogP contribution in [-0.4, -0.2) is 46.2 Å². The molecule has 2 fully saturated rings. The zero-order valence-corrected chi connectivity index (χ0v) is 13.7. The summed E-state index contributed by atoms with van der Waals surface area (Å²) in [5.74, 6) is 1.81. The summed E-state index contributed by atoms with van der Waals surface area (Å²) in [5, 5.41) is 14.3. The summed E-state index contributed by atoms with van der Waals surface area (Å²) in [5.41, 5.74) is 0.952. The van der Waals surface area contributed by atoms with Gasteiger partial charge in [0.2, 0.25) is 5.91 Å². The molecule has 2 aromatic heterocycles. The van der Waals surface area contributed by atoms with E-state index in [1.807, 2.05) is 18.3 Å². The summed E-state index contributed by atoms with van der Waals surface area (Å²) in [6.45, 7) is 3.32. The molecule has 0 radical (unpaired) electrons. The van der Waals surface area contributed by atoms with E-state index in [0.717, 1.165) is 42.7 Å². The standard InChI is InChI=1S/C18H22N4O2/c1-11(23)21-16-7-12-9-22(10-13(12)8-17(16)24)18-14-3-2-5-19-15(14)4-6-20-18/h2-6,12-13,16-17,24H,7-10H2,1H3,(H,21,23)/t12-,13+,16-,17-/m1/s1. The van der Waals surface area contributed by atoms with Crippen molar-refractivity contribution >= 4 is 22.6 Å². The molecule has 0 aromatic carbocycles. The highest BCUT2D eigenvalue weighted by atomic mass is 16.3. The van der Waals surface area contributed by atoms with Gasteiger partial charge in [-0.15, -0.1) is 0 Å². The quantitative estimate of drug-likeness (QED) is 0.871. The number of hydrogen-bond acceptors (Lipinski definition) is 5. The second kappa shape index (κ2) is 6.02. The molecule has 0 unspecified atom stereocenters. The average molecular weight is 326 g/mol. The molecule has 2 aliphatic rings. The topological polar surface area (TPSA) is 78.4 Å². The van der Waals surface area contributed by atoms with E-state index in [4.69, 9.17) is 0 Å². The number of aliphatic hydroxyl groups excluding tert-OH is 1. The van der Waals surface area contributed by atoms with Gasteiger partial charge < -0.3 is 15.3 Å². The molecule has 2 N–H and O–H groups in total. The van der Waals surface area contributed by atoms with E-state index < -0.39 is 6.10 Å². The van der Waals surface area contributed by atoms with E-state index >= 15 is 0 Å². The van der Waals surface area contributed by atoms with Crippen molar-refractivity contribution < 1.29 is 9.90 Å². The Morgan fingerprint density at radius 3 is 2.79 bits per heavy atom. The van der Waals surface area contributed by atoms with Gasteiger partial charge in [-0.05, 0) is 42.9 Å². The smallest absolute Gasteiger partial charge is 0.217 e. The largest absolute Gasteiger partial charge is 0.391 e. The molecule has 4 rings (SSSR count). The first-order valence-corrected chi connectivity index (χ1v) is 8.51. The molecule has 24 heavy (non-hydrogen) atoms. The summed E-state index contributed by atoms with van der Waals surface area (Å²) in [6.07, 6.45) is 4.70. The summed E-state index contributed by atoms with van der Waals surface area (Å²) >= 11 is 0. The van der Waals surface area contributed by atoms with Crippen LogP contribution in [0.15, 0.2) is 30.6 Å². The van der Waals surface area contributed by atoms with Crippen LogP contribution >= 0.6 is 0 Å². The predicted molar refractivity (Wildman–Crippen MR) is 91.6 cm³/mol. The molecule has 1 saturated heterocycles. The monoisotopic (exact) mass is 326 g/mol. The van der Waals surface area contributed by atoms with Crippen molar-refractivity contribution in [3.05, 3.63) is 30.6 Å². The van der Waals surface area contributed by atoms with Gasteiger partial charge in [0.1, 0.15) is 5.82 Å². The fourth-order valence-corrected chi connectivity index (χ4v) is 4.26. The number of carbonyl (C=O) groups excluding carboxylic acids is 1. The van der Waals surface area contributed by atoms with Crippen LogP contribution in [0.5, 0.6) is 0 Å². The first kappa shape index (κ1) is 15.3. The Kier molecular flexibility index (Phi) is 3.84. The van der Waals surface area contributed by atoms with E-state index in [1.54, 1.807) is 6.20 Å². The number of fused-ring (bicyclic) bond motifs is 2. The maximum atomic E-state index is 11.3. The highest BCUT2D eigenvalue weighted by Crippen LogP contribution is 2.39. The fraction of sp³-hybridized carbons (Fsp3) is 0.500. The van der Waals surface area contributed by atoms with Gasteiger partial charge in [0.15, 0.2) is 0 Å². The molecule has 1 aliphatic heterocycles. The summed E-state index contributed by atoms with van der Waals surface area (Å²) < 4.78 is 0. The van der Waals surface area contributed by atoms with Gasteiger partial charge in [-0.25, -0.2) is 4.98 Å². The van der Waals surface area contributed by atoms with Crippen molar-refractivity contribution in [1.82, 2.24) is 15.3 Å². The Morgan fingerprint density at radius 2 is 2.00 bits per heavy atom. The Bertz CT molecular complexity index is 760. The normalized spacial score (nSPS) is 29.5. The fourth-order valence-electron chi connectivity index (χ4n) is 4.26. The third kappa shape index (κ3) is 2.71. The minimum atomic E-state index is -0.461. The summed E-state index contributed by atoms with van der Waals surface area (Å²) in [6, 6.07) is 5.79. The molecular weight excluding hydrogens is 304 g/mol. The zero-order valence-electron chi connectivity index (χ0n) is 13.7. The van der Waals surface area contributed by atoms with Crippen LogP contribution in [0.3, 0.4) is 0 Å². The SMILES string of the molecule is CC(=O)N[C@@H]1C[C@@H]2CN(c3nccc4ncccc34)C[C@@H]2C[C@H]1O. The van der Waals surface area contributed by atoms with Crippen molar-refractivity contribution in [2.45, 2.75) is 31.9 Å². The third-order valence-corrected chi connectivity index (χ3v) is 5.34. The average Bonchev–Trinajstić information content (AvgIpc) is 2.96. The van der Waals surface area contributed by atoms with E-state index in [2.05, 4.69) is 26.3 Å². The van der Waals surface area contributed by atoms with Gasteiger partial charge in [0.05, 0.1) is 17.7 Å². The number of aliphatic hydroxyl groups is 1.